The molecule has 0 amide bonds. The van der Waals surface area contributed by atoms with Crippen LogP contribution in [0.1, 0.15) is 101 Å². The van der Waals surface area contributed by atoms with Gasteiger partial charge in [-0.25, -0.2) is 9.59 Å². The molecule has 4 nitrogen and oxygen atoms in total. The van der Waals surface area contributed by atoms with Crippen LogP contribution >= 0.6 is 15.9 Å². The molecule has 0 saturated heterocycles. The van der Waals surface area contributed by atoms with Gasteiger partial charge in [-0.1, -0.05) is 83.2 Å². The molecule has 0 saturated carbocycles. The molecule has 2 atom stereocenters. The number of hydrogen-bond acceptors (Lipinski definition) is 4. The lowest BCUT2D eigenvalue weighted by Gasteiger charge is -2.23. The van der Waals surface area contributed by atoms with Crippen LogP contribution in [0.15, 0.2) is 22.7 Å². The summed E-state index contributed by atoms with van der Waals surface area (Å²) in [6.45, 7) is 12.4. The van der Waals surface area contributed by atoms with Gasteiger partial charge in [-0.05, 0) is 42.9 Å². The van der Waals surface area contributed by atoms with Gasteiger partial charge in [0.2, 0.25) is 0 Å². The van der Waals surface area contributed by atoms with E-state index in [0.717, 1.165) is 43.0 Å². The molecule has 1 aromatic carbocycles. The number of carbonyl (C=O) groups is 2. The molecular weight excluding hydrogens is 432 g/mol. The van der Waals surface area contributed by atoms with Gasteiger partial charge in [-0.3, -0.25) is 0 Å². The van der Waals surface area contributed by atoms with E-state index in [-0.39, 0.29) is 35.2 Å². The minimum Gasteiger partial charge on any atom is -0.458 e. The molecule has 0 aliphatic rings. The Morgan fingerprint density at radius 3 is 1.69 bits per heavy atom. The fourth-order valence-corrected chi connectivity index (χ4v) is 3.49. The fraction of sp³-hybridized carbons (Fsp3) is 0.667. The average molecular weight is 469 g/mol. The van der Waals surface area contributed by atoms with Crippen molar-refractivity contribution in [3.05, 3.63) is 33.8 Å². The number of carbonyl (C=O) groups excluding carboxylic acids is 2. The lowest BCUT2D eigenvalue weighted by atomic mass is 10.0. The summed E-state index contributed by atoms with van der Waals surface area (Å²) in [4.78, 5) is 25.8. The van der Waals surface area contributed by atoms with Crippen molar-refractivity contribution in [2.75, 3.05) is 0 Å². The number of halogens is 1. The Hall–Kier alpha value is -1.36. The van der Waals surface area contributed by atoms with Gasteiger partial charge in [0.15, 0.2) is 0 Å². The van der Waals surface area contributed by atoms with Gasteiger partial charge in [0.05, 0.1) is 11.1 Å². The predicted molar refractivity (Wildman–Crippen MR) is 121 cm³/mol. The molecule has 164 valence electrons. The fourth-order valence-electron chi connectivity index (χ4n) is 3.13. The van der Waals surface area contributed by atoms with Gasteiger partial charge >= 0.3 is 11.9 Å². The highest BCUT2D eigenvalue weighted by molar-refractivity contribution is 9.10. The number of unbranched alkanes of at least 4 members (excludes halogenated alkanes) is 2. The largest absolute Gasteiger partial charge is 0.458 e. The molecule has 1 rings (SSSR count). The first-order chi connectivity index (χ1) is 13.7. The van der Waals surface area contributed by atoms with E-state index in [1.54, 1.807) is 18.2 Å². The van der Waals surface area contributed by atoms with Crippen LogP contribution in [-0.2, 0) is 9.47 Å². The highest BCUT2D eigenvalue weighted by atomic mass is 79.9. The first-order valence-corrected chi connectivity index (χ1v) is 11.7. The van der Waals surface area contributed by atoms with E-state index in [4.69, 9.17) is 9.47 Å². The van der Waals surface area contributed by atoms with E-state index >= 15 is 0 Å². The standard InChI is InChI=1S/C24H37BrO4/c1-7-9-11-21(16(3)4)28-23(26)19-14-13-18(25)15-20(19)24(27)29-22(17(5)6)12-10-8-2/h13-17,21-22H,7-12H2,1-6H3. The summed E-state index contributed by atoms with van der Waals surface area (Å²) in [5.41, 5.74) is 0.517. The summed E-state index contributed by atoms with van der Waals surface area (Å²) in [5, 5.41) is 0. The maximum Gasteiger partial charge on any atom is 0.339 e. The smallest absolute Gasteiger partial charge is 0.339 e. The maximum atomic E-state index is 12.9. The molecule has 0 aliphatic carbocycles. The Labute approximate surface area is 184 Å². The molecule has 0 spiro atoms. The van der Waals surface area contributed by atoms with Crippen LogP contribution in [0, 0.1) is 11.8 Å². The lowest BCUT2D eigenvalue weighted by Crippen LogP contribution is -2.27. The van der Waals surface area contributed by atoms with Crippen molar-refractivity contribution in [1.29, 1.82) is 0 Å². The summed E-state index contributed by atoms with van der Waals surface area (Å²) in [6.07, 6.45) is 5.40. The van der Waals surface area contributed by atoms with Crippen molar-refractivity contribution in [3.63, 3.8) is 0 Å². The minimum absolute atomic E-state index is 0.164. The third kappa shape index (κ3) is 8.49. The molecule has 0 N–H and O–H groups in total. The summed E-state index contributed by atoms with van der Waals surface area (Å²) >= 11 is 3.40. The summed E-state index contributed by atoms with van der Waals surface area (Å²) in [7, 11) is 0. The Kier molecular flexibility index (Phi) is 11.6. The van der Waals surface area contributed by atoms with E-state index in [2.05, 4.69) is 29.8 Å². The first-order valence-electron chi connectivity index (χ1n) is 10.9. The third-order valence-electron chi connectivity index (χ3n) is 5.11. The van der Waals surface area contributed by atoms with E-state index in [1.165, 1.54) is 0 Å². The van der Waals surface area contributed by atoms with E-state index in [1.807, 2.05) is 27.7 Å². The Morgan fingerprint density at radius 1 is 0.828 bits per heavy atom. The van der Waals surface area contributed by atoms with Crippen LogP contribution in [0.2, 0.25) is 0 Å². The number of rotatable bonds is 12. The quantitative estimate of drug-likeness (QED) is 0.304. The molecule has 5 heteroatoms. The zero-order valence-electron chi connectivity index (χ0n) is 18.8. The van der Waals surface area contributed by atoms with Crippen LogP contribution in [0.25, 0.3) is 0 Å². The number of benzene rings is 1. The summed E-state index contributed by atoms with van der Waals surface area (Å²) in [5.74, 6) is -0.500. The summed E-state index contributed by atoms with van der Waals surface area (Å²) < 4.78 is 12.3. The van der Waals surface area contributed by atoms with E-state index in [0.29, 0.717) is 0 Å². The molecule has 2 unspecified atom stereocenters. The van der Waals surface area contributed by atoms with Gasteiger partial charge in [0.25, 0.3) is 0 Å². The molecule has 29 heavy (non-hydrogen) atoms. The van der Waals surface area contributed by atoms with Gasteiger partial charge in [-0.15, -0.1) is 0 Å². The molecule has 0 aliphatic heterocycles. The van der Waals surface area contributed by atoms with Crippen LogP contribution in [0.4, 0.5) is 0 Å². The Bertz CT molecular complexity index is 654. The highest BCUT2D eigenvalue weighted by Crippen LogP contribution is 2.24. The van der Waals surface area contributed by atoms with Gasteiger partial charge in [0, 0.05) is 4.47 Å². The van der Waals surface area contributed by atoms with Crippen molar-refractivity contribution in [2.45, 2.75) is 92.3 Å². The second kappa shape index (κ2) is 13.0. The normalized spacial score (nSPS) is 13.4. The van der Waals surface area contributed by atoms with Crippen LogP contribution in [-0.4, -0.2) is 24.1 Å². The van der Waals surface area contributed by atoms with Crippen molar-refractivity contribution in [2.24, 2.45) is 11.8 Å². The number of ether oxygens (including phenoxy) is 2. The zero-order chi connectivity index (χ0) is 22.0. The SMILES string of the molecule is CCCCC(OC(=O)c1ccc(Br)cc1C(=O)OC(CCCC)C(C)C)C(C)C. The van der Waals surface area contributed by atoms with Gasteiger partial charge in [0.1, 0.15) is 12.2 Å². The first kappa shape index (κ1) is 25.7. The zero-order valence-corrected chi connectivity index (χ0v) is 20.4. The van der Waals surface area contributed by atoms with Crippen LogP contribution in [0.5, 0.6) is 0 Å². The topological polar surface area (TPSA) is 52.6 Å². The third-order valence-corrected chi connectivity index (χ3v) is 5.60. The van der Waals surface area contributed by atoms with Gasteiger partial charge < -0.3 is 9.47 Å². The van der Waals surface area contributed by atoms with Gasteiger partial charge in [-0.2, -0.15) is 0 Å². The second-order valence-corrected chi connectivity index (χ2v) is 9.27. The number of hydrogen-bond donors (Lipinski definition) is 0. The van der Waals surface area contributed by atoms with Crippen LogP contribution < -0.4 is 0 Å². The molecule has 0 bridgehead atoms. The van der Waals surface area contributed by atoms with E-state index in [9.17, 15) is 9.59 Å². The summed E-state index contributed by atoms with van der Waals surface area (Å²) in [6, 6.07) is 5.03. The molecule has 0 radical (unpaired) electrons. The molecule has 0 fully saturated rings. The predicted octanol–water partition coefficient (Wildman–Crippen LogP) is 7.19. The van der Waals surface area contributed by atoms with Crippen molar-refractivity contribution in [3.8, 4) is 0 Å². The Balaban J connectivity index is 3.06. The lowest BCUT2D eigenvalue weighted by molar-refractivity contribution is 0.0107. The molecule has 1 aromatic rings. The highest BCUT2D eigenvalue weighted by Gasteiger charge is 2.26. The minimum atomic E-state index is -0.470. The number of esters is 2. The maximum absolute atomic E-state index is 12.9. The van der Waals surface area contributed by atoms with Crippen molar-refractivity contribution in [1.82, 2.24) is 0 Å². The molecular formula is C24H37BrO4. The van der Waals surface area contributed by atoms with E-state index < -0.39 is 11.9 Å². The van der Waals surface area contributed by atoms with Crippen molar-refractivity contribution < 1.29 is 19.1 Å². The average Bonchev–Trinajstić information content (AvgIpc) is 2.67. The molecule has 0 aromatic heterocycles. The van der Waals surface area contributed by atoms with Crippen LogP contribution in [0.3, 0.4) is 0 Å². The Morgan fingerprint density at radius 2 is 1.28 bits per heavy atom. The monoisotopic (exact) mass is 468 g/mol. The molecule has 0 heterocycles. The van der Waals surface area contributed by atoms with Crippen molar-refractivity contribution >= 4 is 27.9 Å². The second-order valence-electron chi connectivity index (χ2n) is 8.35.